The highest BCUT2D eigenvalue weighted by Crippen LogP contribution is 2.14. The van der Waals surface area contributed by atoms with E-state index in [9.17, 15) is 0 Å². The van der Waals surface area contributed by atoms with E-state index in [0.29, 0.717) is 5.92 Å². The first-order chi connectivity index (χ1) is 15.8. The van der Waals surface area contributed by atoms with Gasteiger partial charge in [0.15, 0.2) is 5.96 Å². The monoisotopic (exact) mass is 445 g/mol. The molecule has 2 heterocycles. The first-order valence-corrected chi connectivity index (χ1v) is 12.4. The molecule has 2 aliphatic rings. The normalized spacial score (nSPS) is 19.2. The molecule has 7 heteroatoms. The van der Waals surface area contributed by atoms with Crippen LogP contribution in [0.4, 0.5) is 0 Å². The summed E-state index contributed by atoms with van der Waals surface area (Å²) in [5.74, 6) is 1.57. The molecule has 1 aromatic rings. The Hall–Kier alpha value is -1.67. The van der Waals surface area contributed by atoms with E-state index in [1.165, 1.54) is 5.56 Å². The van der Waals surface area contributed by atoms with Gasteiger partial charge in [-0.25, -0.2) is 0 Å². The smallest absolute Gasteiger partial charge is 0.190 e. The van der Waals surface area contributed by atoms with Crippen molar-refractivity contribution in [2.45, 2.75) is 32.2 Å². The van der Waals surface area contributed by atoms with Gasteiger partial charge in [-0.2, -0.15) is 0 Å². The third-order valence-corrected chi connectivity index (χ3v) is 6.33. The Balaban J connectivity index is 1.16. The number of guanidine groups is 1. The lowest BCUT2D eigenvalue weighted by atomic mass is 10.0. The first-order valence-electron chi connectivity index (χ1n) is 12.4. The fourth-order valence-electron chi connectivity index (χ4n) is 4.29. The summed E-state index contributed by atoms with van der Waals surface area (Å²) in [6, 6.07) is 10.8. The Bertz CT molecular complexity index is 628. The zero-order valence-electron chi connectivity index (χ0n) is 19.9. The molecule has 0 bridgehead atoms. The molecule has 0 amide bonds. The van der Waals surface area contributed by atoms with E-state index < -0.39 is 0 Å². The summed E-state index contributed by atoms with van der Waals surface area (Å²) in [6.45, 7) is 12.1. The van der Waals surface area contributed by atoms with Crippen LogP contribution in [0.5, 0.6) is 0 Å². The molecule has 2 fully saturated rings. The van der Waals surface area contributed by atoms with Crippen LogP contribution in [0.1, 0.15) is 31.2 Å². The molecule has 0 aromatic heterocycles. The van der Waals surface area contributed by atoms with Gasteiger partial charge >= 0.3 is 0 Å². The average molecular weight is 446 g/mol. The Morgan fingerprint density at radius 1 is 1.00 bits per heavy atom. The summed E-state index contributed by atoms with van der Waals surface area (Å²) in [4.78, 5) is 9.47. The predicted molar refractivity (Wildman–Crippen MR) is 131 cm³/mol. The minimum Gasteiger partial charge on any atom is -0.381 e. The van der Waals surface area contributed by atoms with E-state index in [1.807, 2.05) is 7.05 Å². The third-order valence-electron chi connectivity index (χ3n) is 6.33. The maximum atomic E-state index is 5.83. The van der Waals surface area contributed by atoms with Gasteiger partial charge in [0, 0.05) is 79.3 Å². The standard InChI is InChI=1S/C25H43N5O2/c1-26-25(28-12-6-18-32-22-24-9-19-31-20-10-24)27-11-5-13-29-14-16-30(17-15-29)21-23-7-3-2-4-8-23/h2-4,7-8,24H,5-6,9-22H2,1H3,(H2,26,27,28). The number of nitrogens with zero attached hydrogens (tertiary/aromatic N) is 3. The van der Waals surface area contributed by atoms with Gasteiger partial charge in [-0.3, -0.25) is 9.89 Å². The Morgan fingerprint density at radius 3 is 2.41 bits per heavy atom. The van der Waals surface area contributed by atoms with E-state index in [-0.39, 0.29) is 0 Å². The first kappa shape index (κ1) is 25.0. The number of aliphatic imine (C=N–C) groups is 1. The molecule has 7 nitrogen and oxygen atoms in total. The maximum Gasteiger partial charge on any atom is 0.190 e. The lowest BCUT2D eigenvalue weighted by molar-refractivity contribution is 0.0203. The number of nitrogens with one attached hydrogen (secondary N) is 2. The van der Waals surface area contributed by atoms with Crippen molar-refractivity contribution in [3.05, 3.63) is 35.9 Å². The Morgan fingerprint density at radius 2 is 1.69 bits per heavy atom. The van der Waals surface area contributed by atoms with Gasteiger partial charge in [0.05, 0.1) is 0 Å². The van der Waals surface area contributed by atoms with Gasteiger partial charge < -0.3 is 25.0 Å². The van der Waals surface area contributed by atoms with Crippen LogP contribution < -0.4 is 10.6 Å². The van der Waals surface area contributed by atoms with Crippen LogP contribution in [-0.2, 0) is 16.0 Å². The van der Waals surface area contributed by atoms with Gasteiger partial charge in [0.1, 0.15) is 0 Å². The van der Waals surface area contributed by atoms with Gasteiger partial charge in [-0.1, -0.05) is 30.3 Å². The van der Waals surface area contributed by atoms with Crippen molar-refractivity contribution >= 4 is 5.96 Å². The summed E-state index contributed by atoms with van der Waals surface area (Å²) >= 11 is 0. The van der Waals surface area contributed by atoms with Crippen molar-refractivity contribution in [3.63, 3.8) is 0 Å². The zero-order valence-corrected chi connectivity index (χ0v) is 19.9. The van der Waals surface area contributed by atoms with Crippen LogP contribution in [-0.4, -0.2) is 95.0 Å². The van der Waals surface area contributed by atoms with Crippen molar-refractivity contribution in [1.82, 2.24) is 20.4 Å². The molecule has 2 saturated heterocycles. The highest BCUT2D eigenvalue weighted by Gasteiger charge is 2.16. The third kappa shape index (κ3) is 9.86. The number of rotatable bonds is 12. The minimum atomic E-state index is 0.679. The van der Waals surface area contributed by atoms with Crippen molar-refractivity contribution in [2.75, 3.05) is 79.3 Å². The molecular formula is C25H43N5O2. The predicted octanol–water partition coefficient (Wildman–Crippen LogP) is 2.19. The van der Waals surface area contributed by atoms with Crippen molar-refractivity contribution in [2.24, 2.45) is 10.9 Å². The summed E-state index contributed by atoms with van der Waals surface area (Å²) < 4.78 is 11.2. The van der Waals surface area contributed by atoms with E-state index in [2.05, 4.69) is 55.8 Å². The SMILES string of the molecule is CN=C(NCCCOCC1CCOCC1)NCCCN1CCN(Cc2ccccc2)CC1. The van der Waals surface area contributed by atoms with Crippen molar-refractivity contribution in [1.29, 1.82) is 0 Å². The molecule has 0 radical (unpaired) electrons. The quantitative estimate of drug-likeness (QED) is 0.292. The number of hydrogen-bond acceptors (Lipinski definition) is 5. The summed E-state index contributed by atoms with van der Waals surface area (Å²) in [5, 5.41) is 6.83. The number of benzene rings is 1. The van der Waals surface area contributed by atoms with Crippen LogP contribution >= 0.6 is 0 Å². The molecular weight excluding hydrogens is 402 g/mol. The minimum absolute atomic E-state index is 0.679. The summed E-state index contributed by atoms with van der Waals surface area (Å²) in [7, 11) is 1.84. The second-order valence-corrected chi connectivity index (χ2v) is 8.87. The van der Waals surface area contributed by atoms with Crippen LogP contribution in [0, 0.1) is 5.92 Å². The zero-order chi connectivity index (χ0) is 22.3. The molecule has 0 aliphatic carbocycles. The largest absolute Gasteiger partial charge is 0.381 e. The Kier molecular flexibility index (Phi) is 11.9. The molecule has 180 valence electrons. The van der Waals surface area contributed by atoms with E-state index in [4.69, 9.17) is 9.47 Å². The van der Waals surface area contributed by atoms with Gasteiger partial charge in [0.2, 0.25) is 0 Å². The van der Waals surface area contributed by atoms with Crippen molar-refractivity contribution in [3.8, 4) is 0 Å². The lowest BCUT2D eigenvalue weighted by Crippen LogP contribution is -2.46. The molecule has 1 aromatic carbocycles. The van der Waals surface area contributed by atoms with E-state index in [1.54, 1.807) is 0 Å². The molecule has 0 saturated carbocycles. The fraction of sp³-hybridized carbons (Fsp3) is 0.720. The van der Waals surface area contributed by atoms with Crippen LogP contribution in [0.2, 0.25) is 0 Å². The lowest BCUT2D eigenvalue weighted by Gasteiger charge is -2.34. The molecule has 2 aliphatic heterocycles. The number of ether oxygens (including phenoxy) is 2. The topological polar surface area (TPSA) is 61.4 Å². The average Bonchev–Trinajstić information content (AvgIpc) is 2.85. The van der Waals surface area contributed by atoms with E-state index in [0.717, 1.165) is 110 Å². The molecule has 0 unspecified atom stereocenters. The van der Waals surface area contributed by atoms with E-state index >= 15 is 0 Å². The van der Waals surface area contributed by atoms with Crippen LogP contribution in [0.25, 0.3) is 0 Å². The summed E-state index contributed by atoms with van der Waals surface area (Å²) in [6.07, 6.45) is 4.40. The number of hydrogen-bond donors (Lipinski definition) is 2. The summed E-state index contributed by atoms with van der Waals surface area (Å²) in [5.41, 5.74) is 1.41. The van der Waals surface area contributed by atoms with Gasteiger partial charge in [-0.15, -0.1) is 0 Å². The van der Waals surface area contributed by atoms with Crippen LogP contribution in [0.15, 0.2) is 35.3 Å². The molecule has 0 spiro atoms. The van der Waals surface area contributed by atoms with Gasteiger partial charge in [-0.05, 0) is 43.7 Å². The number of piperazine rings is 1. The second kappa shape index (κ2) is 15.2. The highest BCUT2D eigenvalue weighted by molar-refractivity contribution is 5.79. The molecule has 0 atom stereocenters. The molecule has 2 N–H and O–H groups in total. The molecule has 32 heavy (non-hydrogen) atoms. The maximum absolute atomic E-state index is 5.83. The van der Waals surface area contributed by atoms with Crippen LogP contribution in [0.3, 0.4) is 0 Å². The molecule has 3 rings (SSSR count). The second-order valence-electron chi connectivity index (χ2n) is 8.87. The highest BCUT2D eigenvalue weighted by atomic mass is 16.5. The van der Waals surface area contributed by atoms with Gasteiger partial charge in [0.25, 0.3) is 0 Å². The Labute approximate surface area is 194 Å². The van der Waals surface area contributed by atoms with Crippen molar-refractivity contribution < 1.29 is 9.47 Å². The fourth-order valence-corrected chi connectivity index (χ4v) is 4.29.